The van der Waals surface area contributed by atoms with E-state index in [1.54, 1.807) is 0 Å². The Kier molecular flexibility index (Phi) is 5.56. The molecule has 0 aliphatic heterocycles. The lowest BCUT2D eigenvalue weighted by atomic mass is 10.2. The van der Waals surface area contributed by atoms with E-state index in [4.69, 9.17) is 4.43 Å². The minimum Gasteiger partial charge on any atom is -0.406 e. The van der Waals surface area contributed by atoms with Gasteiger partial charge in [0.2, 0.25) is 0 Å². The summed E-state index contributed by atoms with van der Waals surface area (Å²) >= 11 is 0. The molecular weight excluding hydrogens is 204 g/mol. The summed E-state index contributed by atoms with van der Waals surface area (Å²) in [6, 6.07) is 0. The number of rotatable bonds is 3. The maximum Gasteiger partial charge on any atom is 0.193 e. The molecule has 0 fully saturated rings. The summed E-state index contributed by atoms with van der Waals surface area (Å²) in [5, 5.41) is 0.216. The van der Waals surface area contributed by atoms with E-state index in [0.29, 0.717) is 12.9 Å². The lowest BCUT2D eigenvalue weighted by Crippen LogP contribution is -2.40. The fraction of sp³-hybridized carbons (Fsp3) is 0.583. The summed E-state index contributed by atoms with van der Waals surface area (Å²) < 4.78 is 5.82. The Bertz CT molecular complexity index is 287. The molecule has 0 radical (unpaired) electrons. The van der Waals surface area contributed by atoms with Gasteiger partial charge < -0.3 is 4.43 Å². The van der Waals surface area contributed by atoms with Crippen LogP contribution in [0.4, 0.5) is 0 Å². The molecule has 15 heavy (non-hydrogen) atoms. The van der Waals surface area contributed by atoms with Crippen LogP contribution in [0.5, 0.6) is 0 Å². The summed E-state index contributed by atoms with van der Waals surface area (Å²) in [5.74, 6) is 5.61. The van der Waals surface area contributed by atoms with Crippen LogP contribution >= 0.6 is 0 Å². The van der Waals surface area contributed by atoms with Gasteiger partial charge in [0.25, 0.3) is 0 Å². The lowest BCUT2D eigenvalue weighted by molar-refractivity contribution is -0.104. The molecule has 0 saturated heterocycles. The molecule has 0 bridgehead atoms. The van der Waals surface area contributed by atoms with Gasteiger partial charge in [-0.3, -0.25) is 4.79 Å². The van der Waals surface area contributed by atoms with Crippen LogP contribution in [0.3, 0.4) is 0 Å². The number of allylic oxidation sites excluding steroid dienone is 2. The van der Waals surface area contributed by atoms with Crippen LogP contribution in [0.2, 0.25) is 18.1 Å². The number of carbonyl (C=O) groups is 1. The Morgan fingerprint density at radius 1 is 1.33 bits per heavy atom. The number of aldehydes is 1. The highest BCUT2D eigenvalue weighted by Crippen LogP contribution is 2.36. The Morgan fingerprint density at radius 3 is 2.40 bits per heavy atom. The van der Waals surface area contributed by atoms with Crippen molar-refractivity contribution in [3.8, 4) is 11.8 Å². The van der Waals surface area contributed by atoms with Crippen LogP contribution in [0, 0.1) is 11.8 Å². The van der Waals surface area contributed by atoms with Crippen LogP contribution in [-0.2, 0) is 9.22 Å². The molecule has 0 aliphatic rings. The monoisotopic (exact) mass is 224 g/mol. The van der Waals surface area contributed by atoms with Gasteiger partial charge in [0.05, 0.1) is 6.61 Å². The van der Waals surface area contributed by atoms with Gasteiger partial charge >= 0.3 is 0 Å². The first kappa shape index (κ1) is 14.1. The van der Waals surface area contributed by atoms with E-state index in [1.165, 1.54) is 12.2 Å². The minimum absolute atomic E-state index is 0.216. The van der Waals surface area contributed by atoms with E-state index in [0.717, 1.165) is 0 Å². The molecule has 2 nitrogen and oxygen atoms in total. The smallest absolute Gasteiger partial charge is 0.193 e. The van der Waals surface area contributed by atoms with E-state index < -0.39 is 8.32 Å². The van der Waals surface area contributed by atoms with Crippen LogP contribution in [-0.4, -0.2) is 21.2 Å². The van der Waals surface area contributed by atoms with Gasteiger partial charge in [-0.25, -0.2) is 0 Å². The van der Waals surface area contributed by atoms with Crippen molar-refractivity contribution in [1.29, 1.82) is 0 Å². The van der Waals surface area contributed by atoms with Crippen molar-refractivity contribution in [3.05, 3.63) is 12.2 Å². The molecule has 0 saturated carbocycles. The predicted octanol–water partition coefficient (Wildman–Crippen LogP) is 2.77. The SMILES string of the molecule is CC(C)(C)[Si](C)(C)OCC#C/C=C/C=O. The molecule has 0 rings (SSSR count). The molecule has 3 heteroatoms. The number of hydrogen-bond donors (Lipinski definition) is 0. The third-order valence-electron chi connectivity index (χ3n) is 2.67. The second kappa shape index (κ2) is 5.89. The normalized spacial score (nSPS) is 12.3. The molecule has 0 atom stereocenters. The van der Waals surface area contributed by atoms with Crippen molar-refractivity contribution in [2.45, 2.75) is 38.9 Å². The standard InChI is InChI=1S/C12H20O2Si/c1-12(2,3)15(4,5)14-11-9-7-6-8-10-13/h6,8,10H,11H2,1-5H3/b8-6+. The van der Waals surface area contributed by atoms with Crippen molar-refractivity contribution < 1.29 is 9.22 Å². The fourth-order valence-corrected chi connectivity index (χ4v) is 1.49. The predicted molar refractivity (Wildman–Crippen MR) is 66.1 cm³/mol. The van der Waals surface area contributed by atoms with E-state index in [-0.39, 0.29) is 5.04 Å². The van der Waals surface area contributed by atoms with Gasteiger partial charge in [-0.05, 0) is 30.3 Å². The lowest BCUT2D eigenvalue weighted by Gasteiger charge is -2.35. The van der Waals surface area contributed by atoms with Crippen LogP contribution < -0.4 is 0 Å². The summed E-state index contributed by atoms with van der Waals surface area (Å²) in [6.07, 6.45) is 3.62. The Hall–Kier alpha value is -0.853. The maximum atomic E-state index is 9.95. The Labute approximate surface area is 93.8 Å². The average Bonchev–Trinajstić information content (AvgIpc) is 2.09. The Morgan fingerprint density at radius 2 is 1.93 bits per heavy atom. The van der Waals surface area contributed by atoms with Gasteiger partial charge in [-0.2, -0.15) is 0 Å². The van der Waals surface area contributed by atoms with Crippen molar-refractivity contribution in [2.75, 3.05) is 6.61 Å². The molecule has 0 unspecified atom stereocenters. The molecule has 84 valence electrons. The van der Waals surface area contributed by atoms with Crippen molar-refractivity contribution in [3.63, 3.8) is 0 Å². The van der Waals surface area contributed by atoms with Gasteiger partial charge in [0.1, 0.15) is 6.29 Å². The highest BCUT2D eigenvalue weighted by Gasteiger charge is 2.36. The van der Waals surface area contributed by atoms with E-state index in [1.807, 2.05) is 0 Å². The molecule has 0 aromatic heterocycles. The second-order valence-electron chi connectivity index (χ2n) is 4.87. The quantitative estimate of drug-likeness (QED) is 0.319. The molecule has 0 amide bonds. The second-order valence-corrected chi connectivity index (χ2v) is 9.67. The third kappa shape index (κ3) is 5.56. The molecule has 0 aromatic rings. The van der Waals surface area contributed by atoms with Gasteiger partial charge in [-0.1, -0.05) is 32.6 Å². The van der Waals surface area contributed by atoms with Gasteiger partial charge in [0, 0.05) is 0 Å². The third-order valence-corrected chi connectivity index (χ3v) is 7.15. The first-order valence-electron chi connectivity index (χ1n) is 5.04. The largest absolute Gasteiger partial charge is 0.406 e. The van der Waals surface area contributed by atoms with E-state index in [9.17, 15) is 4.79 Å². The molecular formula is C12H20O2Si. The zero-order valence-electron chi connectivity index (χ0n) is 10.3. The summed E-state index contributed by atoms with van der Waals surface area (Å²) in [6.45, 7) is 11.4. The highest BCUT2D eigenvalue weighted by atomic mass is 28.4. The summed E-state index contributed by atoms with van der Waals surface area (Å²) in [5.41, 5.74) is 0. The summed E-state index contributed by atoms with van der Waals surface area (Å²) in [4.78, 5) is 9.95. The zero-order chi connectivity index (χ0) is 11.9. The first-order chi connectivity index (χ1) is 6.81. The first-order valence-corrected chi connectivity index (χ1v) is 7.95. The zero-order valence-corrected chi connectivity index (χ0v) is 11.3. The fourth-order valence-electron chi connectivity index (χ4n) is 0.621. The van der Waals surface area contributed by atoms with E-state index >= 15 is 0 Å². The maximum absolute atomic E-state index is 9.95. The average molecular weight is 224 g/mol. The molecule has 0 aliphatic carbocycles. The molecule has 0 aromatic carbocycles. The van der Waals surface area contributed by atoms with Crippen LogP contribution in [0.1, 0.15) is 20.8 Å². The molecule has 0 N–H and O–H groups in total. The van der Waals surface area contributed by atoms with Gasteiger partial charge in [-0.15, -0.1) is 0 Å². The van der Waals surface area contributed by atoms with Crippen LogP contribution in [0.15, 0.2) is 12.2 Å². The topological polar surface area (TPSA) is 26.3 Å². The number of carbonyl (C=O) groups excluding carboxylic acids is 1. The van der Waals surface area contributed by atoms with Crippen molar-refractivity contribution >= 4 is 14.6 Å². The van der Waals surface area contributed by atoms with Gasteiger partial charge in [0.15, 0.2) is 8.32 Å². The Balaban J connectivity index is 4.10. The van der Waals surface area contributed by atoms with Crippen molar-refractivity contribution in [1.82, 2.24) is 0 Å². The van der Waals surface area contributed by atoms with Crippen molar-refractivity contribution in [2.24, 2.45) is 0 Å². The molecule has 0 spiro atoms. The molecule has 0 heterocycles. The summed E-state index contributed by atoms with van der Waals surface area (Å²) in [7, 11) is -1.67. The highest BCUT2D eigenvalue weighted by molar-refractivity contribution is 6.74. The van der Waals surface area contributed by atoms with Crippen LogP contribution in [0.25, 0.3) is 0 Å². The minimum atomic E-state index is -1.67. The van der Waals surface area contributed by atoms with E-state index in [2.05, 4.69) is 45.7 Å². The number of hydrogen-bond acceptors (Lipinski definition) is 2.